The van der Waals surface area contributed by atoms with Crippen LogP contribution in [0.2, 0.25) is 0 Å². The smallest absolute Gasteiger partial charge is 0.123 e. The third kappa shape index (κ3) is 2.86. The maximum absolute atomic E-state index is 12.7. The van der Waals surface area contributed by atoms with Crippen LogP contribution in [0.4, 0.5) is 4.39 Å². The van der Waals surface area contributed by atoms with Crippen LogP contribution < -0.4 is 5.32 Å². The zero-order valence-electron chi connectivity index (χ0n) is 8.26. The average Bonchev–Trinajstić information content (AvgIpc) is 2.19. The van der Waals surface area contributed by atoms with Crippen molar-refractivity contribution in [3.8, 4) is 12.3 Å². The predicted molar refractivity (Wildman–Crippen MR) is 56.3 cm³/mol. The van der Waals surface area contributed by atoms with Crippen LogP contribution >= 0.6 is 0 Å². The van der Waals surface area contributed by atoms with Gasteiger partial charge in [-0.05, 0) is 24.2 Å². The molecule has 1 aromatic carbocycles. The van der Waals surface area contributed by atoms with Crippen molar-refractivity contribution in [3.05, 3.63) is 35.6 Å². The van der Waals surface area contributed by atoms with Gasteiger partial charge in [0.2, 0.25) is 0 Å². The van der Waals surface area contributed by atoms with Crippen LogP contribution in [0, 0.1) is 18.2 Å². The molecule has 74 valence electrons. The van der Waals surface area contributed by atoms with Crippen molar-refractivity contribution in [2.45, 2.75) is 19.4 Å². The molecular weight excluding hydrogens is 177 g/mol. The summed E-state index contributed by atoms with van der Waals surface area (Å²) in [5.74, 6) is 2.39. The van der Waals surface area contributed by atoms with Crippen LogP contribution in [0.3, 0.4) is 0 Å². The second kappa shape index (κ2) is 5.41. The quantitative estimate of drug-likeness (QED) is 0.721. The molecule has 14 heavy (non-hydrogen) atoms. The molecule has 1 unspecified atom stereocenters. The molecule has 1 atom stereocenters. The summed E-state index contributed by atoms with van der Waals surface area (Å²) in [4.78, 5) is 0. The van der Waals surface area contributed by atoms with Gasteiger partial charge in [-0.2, -0.15) is 0 Å². The topological polar surface area (TPSA) is 12.0 Å². The number of hydrogen-bond donors (Lipinski definition) is 1. The van der Waals surface area contributed by atoms with Crippen molar-refractivity contribution in [1.82, 2.24) is 5.32 Å². The zero-order valence-corrected chi connectivity index (χ0v) is 8.26. The summed E-state index contributed by atoms with van der Waals surface area (Å²) in [5, 5.41) is 3.25. The Hall–Kier alpha value is -1.33. The molecule has 0 aromatic heterocycles. The molecule has 1 N–H and O–H groups in total. The number of halogens is 1. The van der Waals surface area contributed by atoms with Gasteiger partial charge in [-0.1, -0.05) is 19.1 Å². The molecular formula is C12H14FN. The summed E-state index contributed by atoms with van der Waals surface area (Å²) in [6.45, 7) is 2.87. The van der Waals surface area contributed by atoms with Gasteiger partial charge in [0.05, 0.1) is 0 Å². The minimum atomic E-state index is -0.218. The largest absolute Gasteiger partial charge is 0.309 e. The Morgan fingerprint density at radius 3 is 2.57 bits per heavy atom. The van der Waals surface area contributed by atoms with Gasteiger partial charge in [-0.25, -0.2) is 4.39 Å². The third-order valence-electron chi connectivity index (χ3n) is 2.04. The first-order valence-electron chi connectivity index (χ1n) is 4.70. The van der Waals surface area contributed by atoms with E-state index in [9.17, 15) is 4.39 Å². The summed E-state index contributed by atoms with van der Waals surface area (Å²) < 4.78 is 12.7. The van der Waals surface area contributed by atoms with Gasteiger partial charge < -0.3 is 5.32 Å². The molecule has 0 saturated heterocycles. The highest BCUT2D eigenvalue weighted by molar-refractivity contribution is 5.21. The lowest BCUT2D eigenvalue weighted by atomic mass is 10.0. The summed E-state index contributed by atoms with van der Waals surface area (Å²) in [7, 11) is 0. The second-order valence-electron chi connectivity index (χ2n) is 3.07. The van der Waals surface area contributed by atoms with E-state index in [1.807, 2.05) is 6.92 Å². The Bertz CT molecular complexity index is 310. The normalized spacial score (nSPS) is 12.1. The van der Waals surface area contributed by atoms with Crippen LogP contribution in [0.15, 0.2) is 24.3 Å². The summed E-state index contributed by atoms with van der Waals surface area (Å²) >= 11 is 0. The number of hydrogen-bond acceptors (Lipinski definition) is 1. The average molecular weight is 191 g/mol. The van der Waals surface area contributed by atoms with Gasteiger partial charge in [0, 0.05) is 12.5 Å². The highest BCUT2D eigenvalue weighted by Crippen LogP contribution is 2.16. The van der Waals surface area contributed by atoms with Crippen molar-refractivity contribution >= 4 is 0 Å². The molecule has 2 heteroatoms. The number of rotatable bonds is 4. The molecule has 0 bridgehead atoms. The van der Waals surface area contributed by atoms with Gasteiger partial charge >= 0.3 is 0 Å². The Morgan fingerprint density at radius 1 is 1.43 bits per heavy atom. The lowest BCUT2D eigenvalue weighted by molar-refractivity contribution is 0.562. The number of nitrogens with one attached hydrogen (secondary N) is 1. The van der Waals surface area contributed by atoms with Crippen LogP contribution in [0.25, 0.3) is 0 Å². The molecule has 1 nitrogen and oxygen atoms in total. The molecule has 0 aliphatic heterocycles. The highest BCUT2D eigenvalue weighted by Gasteiger charge is 2.07. The minimum absolute atomic E-state index is 0.130. The lowest BCUT2D eigenvalue weighted by Gasteiger charge is -2.15. The van der Waals surface area contributed by atoms with Crippen LogP contribution in [0.1, 0.15) is 24.9 Å². The maximum Gasteiger partial charge on any atom is 0.123 e. The summed E-state index contributed by atoms with van der Waals surface area (Å²) in [6.07, 6.45) is 5.89. The second-order valence-corrected chi connectivity index (χ2v) is 3.07. The Morgan fingerprint density at radius 2 is 2.07 bits per heavy atom. The molecule has 0 spiro atoms. The van der Waals surface area contributed by atoms with Gasteiger partial charge in [-0.3, -0.25) is 0 Å². The molecule has 0 radical (unpaired) electrons. The number of terminal acetylenes is 1. The van der Waals surface area contributed by atoms with Crippen molar-refractivity contribution < 1.29 is 4.39 Å². The van der Waals surface area contributed by atoms with Gasteiger partial charge in [0.15, 0.2) is 0 Å². The fourth-order valence-corrected chi connectivity index (χ4v) is 1.37. The van der Waals surface area contributed by atoms with E-state index >= 15 is 0 Å². The first-order valence-corrected chi connectivity index (χ1v) is 4.70. The van der Waals surface area contributed by atoms with Crippen molar-refractivity contribution in [3.63, 3.8) is 0 Å². The van der Waals surface area contributed by atoms with Gasteiger partial charge in [-0.15, -0.1) is 12.3 Å². The van der Waals surface area contributed by atoms with E-state index in [1.165, 1.54) is 12.1 Å². The minimum Gasteiger partial charge on any atom is -0.309 e. The van der Waals surface area contributed by atoms with E-state index in [2.05, 4.69) is 11.2 Å². The molecule has 0 saturated carbocycles. The monoisotopic (exact) mass is 191 g/mol. The third-order valence-corrected chi connectivity index (χ3v) is 2.04. The SMILES string of the molecule is C#CCC(NCC)c1ccc(F)cc1. The lowest BCUT2D eigenvalue weighted by Crippen LogP contribution is -2.20. The van der Waals surface area contributed by atoms with Crippen LogP contribution in [-0.4, -0.2) is 6.54 Å². The fourth-order valence-electron chi connectivity index (χ4n) is 1.37. The van der Waals surface area contributed by atoms with Crippen LogP contribution in [-0.2, 0) is 0 Å². The molecule has 0 amide bonds. The fraction of sp³-hybridized carbons (Fsp3) is 0.333. The van der Waals surface area contributed by atoms with E-state index in [0.29, 0.717) is 6.42 Å². The summed E-state index contributed by atoms with van der Waals surface area (Å²) in [5.41, 5.74) is 1.03. The standard InChI is InChI=1S/C12H14FN/c1-3-5-12(14-4-2)10-6-8-11(13)9-7-10/h1,6-9,12,14H,4-5H2,2H3. The molecule has 0 aliphatic carbocycles. The molecule has 0 heterocycles. The van der Waals surface area contributed by atoms with Gasteiger partial charge in [0.25, 0.3) is 0 Å². The molecule has 1 rings (SSSR count). The van der Waals surface area contributed by atoms with Crippen molar-refractivity contribution in [1.29, 1.82) is 0 Å². The van der Waals surface area contributed by atoms with Crippen LogP contribution in [0.5, 0.6) is 0 Å². The Balaban J connectivity index is 2.77. The van der Waals surface area contributed by atoms with Crippen molar-refractivity contribution in [2.24, 2.45) is 0 Å². The molecule has 0 fully saturated rings. The van der Waals surface area contributed by atoms with E-state index in [-0.39, 0.29) is 11.9 Å². The first kappa shape index (κ1) is 10.7. The van der Waals surface area contributed by atoms with E-state index in [4.69, 9.17) is 6.42 Å². The number of benzene rings is 1. The van der Waals surface area contributed by atoms with E-state index in [1.54, 1.807) is 12.1 Å². The maximum atomic E-state index is 12.7. The highest BCUT2D eigenvalue weighted by atomic mass is 19.1. The predicted octanol–water partition coefficient (Wildman–Crippen LogP) is 2.50. The Labute approximate surface area is 84.3 Å². The van der Waals surface area contributed by atoms with E-state index < -0.39 is 0 Å². The first-order chi connectivity index (χ1) is 6.77. The Kier molecular flexibility index (Phi) is 4.15. The molecule has 1 aromatic rings. The van der Waals surface area contributed by atoms with Crippen molar-refractivity contribution in [2.75, 3.05) is 6.54 Å². The zero-order chi connectivity index (χ0) is 10.4. The summed E-state index contributed by atoms with van der Waals surface area (Å²) in [6, 6.07) is 6.57. The van der Waals surface area contributed by atoms with Gasteiger partial charge in [0.1, 0.15) is 5.82 Å². The molecule has 0 aliphatic rings. The van der Waals surface area contributed by atoms with E-state index in [0.717, 1.165) is 12.1 Å².